The van der Waals surface area contributed by atoms with Gasteiger partial charge in [0.25, 0.3) is 0 Å². The Morgan fingerprint density at radius 2 is 2.35 bits per heavy atom. The summed E-state index contributed by atoms with van der Waals surface area (Å²) in [7, 11) is 0. The Morgan fingerprint density at radius 1 is 1.55 bits per heavy atom. The first kappa shape index (κ1) is 14.9. The lowest BCUT2D eigenvalue weighted by Crippen LogP contribution is -2.32. The van der Waals surface area contributed by atoms with Crippen molar-refractivity contribution >= 4 is 5.97 Å². The number of likely N-dealkylation sites (N-methyl/N-ethyl adjacent to an activating group) is 1. The fraction of sp³-hybridized carbons (Fsp3) is 0.533. The summed E-state index contributed by atoms with van der Waals surface area (Å²) in [5.41, 5.74) is 0.153. The molecule has 0 aromatic heterocycles. The summed E-state index contributed by atoms with van der Waals surface area (Å²) in [6.45, 7) is 4.74. The van der Waals surface area contributed by atoms with E-state index < -0.39 is 11.8 Å². The first-order chi connectivity index (χ1) is 9.61. The van der Waals surface area contributed by atoms with Crippen molar-refractivity contribution < 1.29 is 19.0 Å². The number of benzene rings is 1. The first-order valence-electron chi connectivity index (χ1n) is 6.96. The second-order valence-electron chi connectivity index (χ2n) is 5.05. The number of rotatable bonds is 6. The number of carbonyl (C=O) groups is 1. The molecule has 1 heterocycles. The molecule has 4 nitrogen and oxygen atoms in total. The van der Waals surface area contributed by atoms with Crippen LogP contribution in [0.5, 0.6) is 0 Å². The number of halogens is 1. The summed E-state index contributed by atoms with van der Waals surface area (Å²) in [5.74, 6) is -1.86. The van der Waals surface area contributed by atoms with Crippen LogP contribution in [0.2, 0.25) is 0 Å². The lowest BCUT2D eigenvalue weighted by Gasteiger charge is -2.24. The zero-order chi connectivity index (χ0) is 14.5. The Kier molecular flexibility index (Phi) is 5.09. The molecule has 1 saturated heterocycles. The number of carboxylic acid groups (broad SMARTS) is 1. The van der Waals surface area contributed by atoms with Gasteiger partial charge in [0.2, 0.25) is 0 Å². The van der Waals surface area contributed by atoms with Crippen LogP contribution >= 0.6 is 0 Å². The van der Waals surface area contributed by atoms with Crippen molar-refractivity contribution in [1.29, 1.82) is 0 Å². The van der Waals surface area contributed by atoms with Gasteiger partial charge in [0.1, 0.15) is 5.82 Å². The smallest absolute Gasteiger partial charge is 0.338 e. The van der Waals surface area contributed by atoms with Gasteiger partial charge < -0.3 is 9.84 Å². The zero-order valence-corrected chi connectivity index (χ0v) is 11.6. The molecule has 0 spiro atoms. The quantitative estimate of drug-likeness (QED) is 0.870. The van der Waals surface area contributed by atoms with E-state index in [9.17, 15) is 9.18 Å². The third-order valence-corrected chi connectivity index (χ3v) is 3.64. The number of nitrogens with zero attached hydrogens (tertiary/aromatic N) is 1. The van der Waals surface area contributed by atoms with Crippen LogP contribution < -0.4 is 0 Å². The Bertz CT molecular complexity index is 472. The van der Waals surface area contributed by atoms with E-state index in [1.165, 1.54) is 6.07 Å². The van der Waals surface area contributed by atoms with E-state index in [2.05, 4.69) is 4.90 Å². The van der Waals surface area contributed by atoms with Gasteiger partial charge in [-0.3, -0.25) is 4.90 Å². The van der Waals surface area contributed by atoms with E-state index >= 15 is 0 Å². The topological polar surface area (TPSA) is 49.8 Å². The van der Waals surface area contributed by atoms with Crippen molar-refractivity contribution in [2.75, 3.05) is 19.7 Å². The van der Waals surface area contributed by atoms with Gasteiger partial charge in [0.15, 0.2) is 0 Å². The van der Waals surface area contributed by atoms with Crippen LogP contribution in [0.25, 0.3) is 0 Å². The number of carboxylic acids is 1. The molecule has 1 aliphatic heterocycles. The molecule has 110 valence electrons. The normalized spacial score (nSPS) is 18.6. The predicted octanol–water partition coefficient (Wildman–Crippen LogP) is 2.52. The van der Waals surface area contributed by atoms with Crippen molar-refractivity contribution in [2.45, 2.75) is 32.4 Å². The average Bonchev–Trinajstić information content (AvgIpc) is 2.92. The van der Waals surface area contributed by atoms with Gasteiger partial charge in [-0.15, -0.1) is 0 Å². The summed E-state index contributed by atoms with van der Waals surface area (Å²) in [4.78, 5) is 13.0. The van der Waals surface area contributed by atoms with Gasteiger partial charge in [-0.05, 0) is 25.5 Å². The Hall–Kier alpha value is -1.46. The molecule has 5 heteroatoms. The van der Waals surface area contributed by atoms with Crippen LogP contribution in [-0.2, 0) is 11.3 Å². The van der Waals surface area contributed by atoms with Gasteiger partial charge in [-0.25, -0.2) is 9.18 Å². The van der Waals surface area contributed by atoms with Crippen molar-refractivity contribution in [3.63, 3.8) is 0 Å². The average molecular weight is 281 g/mol. The molecule has 0 bridgehead atoms. The van der Waals surface area contributed by atoms with Crippen molar-refractivity contribution in [1.82, 2.24) is 4.90 Å². The summed E-state index contributed by atoms with van der Waals surface area (Å²) < 4.78 is 19.7. The van der Waals surface area contributed by atoms with Crippen LogP contribution in [-0.4, -0.2) is 41.8 Å². The second-order valence-corrected chi connectivity index (χ2v) is 5.05. The fourth-order valence-electron chi connectivity index (χ4n) is 2.49. The zero-order valence-electron chi connectivity index (χ0n) is 11.6. The number of hydrogen-bond donors (Lipinski definition) is 1. The van der Waals surface area contributed by atoms with Crippen LogP contribution in [0, 0.1) is 5.82 Å². The third kappa shape index (κ3) is 3.55. The number of aromatic carboxylic acids is 1. The molecule has 0 amide bonds. The molecule has 1 unspecified atom stereocenters. The molecule has 0 aliphatic carbocycles. The summed E-state index contributed by atoms with van der Waals surface area (Å²) in [5, 5.41) is 8.94. The maximum atomic E-state index is 14.1. The largest absolute Gasteiger partial charge is 0.478 e. The van der Waals surface area contributed by atoms with Crippen molar-refractivity contribution in [3.8, 4) is 0 Å². The Morgan fingerprint density at radius 3 is 2.95 bits per heavy atom. The lowest BCUT2D eigenvalue weighted by molar-refractivity contribution is 0.0685. The minimum absolute atomic E-state index is 0.209. The van der Waals surface area contributed by atoms with Crippen molar-refractivity contribution in [2.24, 2.45) is 0 Å². The van der Waals surface area contributed by atoms with Crippen LogP contribution in [0.4, 0.5) is 4.39 Å². The lowest BCUT2D eigenvalue weighted by atomic mass is 10.1. The highest BCUT2D eigenvalue weighted by Gasteiger charge is 2.20. The molecule has 1 aliphatic rings. The van der Waals surface area contributed by atoms with Gasteiger partial charge in [-0.1, -0.05) is 19.1 Å². The van der Waals surface area contributed by atoms with Gasteiger partial charge in [-0.2, -0.15) is 0 Å². The molecular weight excluding hydrogens is 261 g/mol. The summed E-state index contributed by atoms with van der Waals surface area (Å²) in [6, 6.07) is 4.51. The molecule has 20 heavy (non-hydrogen) atoms. The Labute approximate surface area is 118 Å². The monoisotopic (exact) mass is 281 g/mol. The highest BCUT2D eigenvalue weighted by atomic mass is 19.1. The Balaban J connectivity index is 2.06. The molecular formula is C15H20FNO3. The van der Waals surface area contributed by atoms with Gasteiger partial charge in [0, 0.05) is 25.3 Å². The van der Waals surface area contributed by atoms with E-state index in [-0.39, 0.29) is 11.7 Å². The molecule has 1 aromatic rings. The molecule has 1 aromatic carbocycles. The first-order valence-corrected chi connectivity index (χ1v) is 6.96. The fourth-order valence-corrected chi connectivity index (χ4v) is 2.49. The summed E-state index contributed by atoms with van der Waals surface area (Å²) in [6.07, 6.45) is 2.32. The molecule has 0 saturated carbocycles. The predicted molar refractivity (Wildman–Crippen MR) is 73.3 cm³/mol. The van der Waals surface area contributed by atoms with E-state index in [1.807, 2.05) is 6.92 Å². The molecule has 1 fully saturated rings. The maximum Gasteiger partial charge on any atom is 0.338 e. The van der Waals surface area contributed by atoms with E-state index in [4.69, 9.17) is 9.84 Å². The van der Waals surface area contributed by atoms with Gasteiger partial charge >= 0.3 is 5.97 Å². The SMILES string of the molecule is CCN(Cc1cccc(C(=O)O)c1F)CC1CCCO1. The number of hydrogen-bond acceptors (Lipinski definition) is 3. The van der Waals surface area contributed by atoms with E-state index in [1.54, 1.807) is 12.1 Å². The second kappa shape index (κ2) is 6.81. The highest BCUT2D eigenvalue weighted by molar-refractivity contribution is 5.88. The third-order valence-electron chi connectivity index (χ3n) is 3.64. The van der Waals surface area contributed by atoms with Crippen LogP contribution in [0.3, 0.4) is 0 Å². The van der Waals surface area contributed by atoms with Crippen molar-refractivity contribution in [3.05, 3.63) is 35.1 Å². The summed E-state index contributed by atoms with van der Waals surface area (Å²) >= 11 is 0. The molecule has 1 N–H and O–H groups in total. The molecule has 0 radical (unpaired) electrons. The maximum absolute atomic E-state index is 14.1. The molecule has 1 atom stereocenters. The minimum Gasteiger partial charge on any atom is -0.478 e. The van der Waals surface area contributed by atoms with E-state index in [0.29, 0.717) is 12.1 Å². The van der Waals surface area contributed by atoms with Crippen LogP contribution in [0.15, 0.2) is 18.2 Å². The number of ether oxygens (including phenoxy) is 1. The minimum atomic E-state index is -1.23. The highest BCUT2D eigenvalue weighted by Crippen LogP contribution is 2.18. The van der Waals surface area contributed by atoms with Gasteiger partial charge in [0.05, 0.1) is 11.7 Å². The van der Waals surface area contributed by atoms with Crippen LogP contribution in [0.1, 0.15) is 35.7 Å². The van der Waals surface area contributed by atoms with E-state index in [0.717, 1.165) is 32.5 Å². The standard InChI is InChI=1S/C15H20FNO3/c1-2-17(10-12-6-4-8-20-12)9-11-5-3-7-13(14(11)16)15(18)19/h3,5,7,12H,2,4,6,8-10H2,1H3,(H,18,19). The molecule has 2 rings (SSSR count).